The molecule has 0 radical (unpaired) electrons. The molecule has 1 heteroatoms. The van der Waals surface area contributed by atoms with E-state index in [-0.39, 0.29) is 0 Å². The van der Waals surface area contributed by atoms with Gasteiger partial charge in [-0.15, -0.1) is 0 Å². The van der Waals surface area contributed by atoms with E-state index in [0.717, 1.165) is 12.2 Å². The van der Waals surface area contributed by atoms with Crippen molar-refractivity contribution < 1.29 is 4.42 Å². The largest absolute Gasteiger partial charge is 0.464 e. The van der Waals surface area contributed by atoms with Crippen LogP contribution in [0.25, 0.3) is 11.6 Å². The van der Waals surface area contributed by atoms with Crippen molar-refractivity contribution in [2.75, 3.05) is 0 Å². The maximum absolute atomic E-state index is 5.89. The number of rotatable bonds is 6. The van der Waals surface area contributed by atoms with E-state index in [0.29, 0.717) is 5.92 Å². The molecule has 1 aliphatic carbocycles. The quantitative estimate of drug-likeness (QED) is 0.626. The second-order valence-corrected chi connectivity index (χ2v) is 5.95. The Balaban J connectivity index is 1.96. The summed E-state index contributed by atoms with van der Waals surface area (Å²) in [5.74, 6) is 1.62. The molecule has 21 heavy (non-hydrogen) atoms. The lowest BCUT2D eigenvalue weighted by atomic mass is 9.89. The van der Waals surface area contributed by atoms with Crippen molar-refractivity contribution in [2.45, 2.75) is 51.9 Å². The summed E-state index contributed by atoms with van der Waals surface area (Å²) in [6.07, 6.45) is 10.2. The SMILES string of the molecule is CCCCc1ccoc1C1=Cc2ccccc2C1CCC. The third-order valence-electron chi connectivity index (χ3n) is 4.44. The van der Waals surface area contributed by atoms with Gasteiger partial charge in [0.25, 0.3) is 0 Å². The highest BCUT2D eigenvalue weighted by molar-refractivity contribution is 5.90. The average molecular weight is 280 g/mol. The van der Waals surface area contributed by atoms with E-state index in [1.165, 1.54) is 47.9 Å². The second kappa shape index (κ2) is 6.34. The monoisotopic (exact) mass is 280 g/mol. The molecule has 0 bridgehead atoms. The Morgan fingerprint density at radius 1 is 1.05 bits per heavy atom. The Hall–Kier alpha value is -1.76. The highest BCUT2D eigenvalue weighted by Gasteiger charge is 2.28. The van der Waals surface area contributed by atoms with Gasteiger partial charge in [0.05, 0.1) is 6.26 Å². The van der Waals surface area contributed by atoms with Crippen molar-refractivity contribution in [2.24, 2.45) is 0 Å². The van der Waals surface area contributed by atoms with Gasteiger partial charge in [0.1, 0.15) is 5.76 Å². The Morgan fingerprint density at radius 2 is 1.90 bits per heavy atom. The van der Waals surface area contributed by atoms with Crippen molar-refractivity contribution in [1.82, 2.24) is 0 Å². The van der Waals surface area contributed by atoms with Gasteiger partial charge in [0.15, 0.2) is 0 Å². The average Bonchev–Trinajstić information content (AvgIpc) is 3.10. The van der Waals surface area contributed by atoms with Crippen LogP contribution in [0, 0.1) is 0 Å². The topological polar surface area (TPSA) is 13.1 Å². The predicted molar refractivity (Wildman–Crippen MR) is 89.3 cm³/mol. The molecule has 1 aliphatic rings. The number of unbranched alkanes of at least 4 members (excludes halogenated alkanes) is 1. The zero-order chi connectivity index (χ0) is 14.7. The third kappa shape index (κ3) is 2.70. The van der Waals surface area contributed by atoms with Crippen LogP contribution in [-0.4, -0.2) is 0 Å². The molecule has 0 spiro atoms. The molecule has 0 amide bonds. The third-order valence-corrected chi connectivity index (χ3v) is 4.44. The summed E-state index contributed by atoms with van der Waals surface area (Å²) in [4.78, 5) is 0. The smallest absolute Gasteiger partial charge is 0.133 e. The van der Waals surface area contributed by atoms with E-state index >= 15 is 0 Å². The van der Waals surface area contributed by atoms with Gasteiger partial charge >= 0.3 is 0 Å². The van der Waals surface area contributed by atoms with Crippen LogP contribution in [0.3, 0.4) is 0 Å². The van der Waals surface area contributed by atoms with Crippen molar-refractivity contribution in [3.63, 3.8) is 0 Å². The highest BCUT2D eigenvalue weighted by Crippen LogP contribution is 2.45. The summed E-state index contributed by atoms with van der Waals surface area (Å²) in [5.41, 5.74) is 5.59. The van der Waals surface area contributed by atoms with E-state index in [9.17, 15) is 0 Å². The van der Waals surface area contributed by atoms with Crippen LogP contribution in [0.1, 0.15) is 67.9 Å². The van der Waals surface area contributed by atoms with Gasteiger partial charge in [-0.2, -0.15) is 0 Å². The van der Waals surface area contributed by atoms with Crippen LogP contribution in [0.5, 0.6) is 0 Å². The van der Waals surface area contributed by atoms with E-state index in [2.05, 4.69) is 50.3 Å². The van der Waals surface area contributed by atoms with Gasteiger partial charge in [-0.25, -0.2) is 0 Å². The van der Waals surface area contributed by atoms with Crippen molar-refractivity contribution in [1.29, 1.82) is 0 Å². The van der Waals surface area contributed by atoms with Crippen LogP contribution in [0.15, 0.2) is 41.0 Å². The molecule has 1 nitrogen and oxygen atoms in total. The molecule has 1 unspecified atom stereocenters. The van der Waals surface area contributed by atoms with Gasteiger partial charge in [-0.3, -0.25) is 0 Å². The summed E-state index contributed by atoms with van der Waals surface area (Å²) in [6.45, 7) is 4.50. The van der Waals surface area contributed by atoms with Crippen LogP contribution >= 0.6 is 0 Å². The minimum absolute atomic E-state index is 0.498. The molecule has 0 saturated heterocycles. The standard InChI is InChI=1S/C20H24O/c1-3-5-9-15-12-13-21-20(15)19-14-16-10-6-7-11-17(16)18(19)8-4-2/h6-7,10-14,18H,3-5,8-9H2,1-2H3. The zero-order valence-corrected chi connectivity index (χ0v) is 13.1. The highest BCUT2D eigenvalue weighted by atomic mass is 16.3. The molecule has 110 valence electrons. The van der Waals surface area contributed by atoms with Crippen LogP contribution < -0.4 is 0 Å². The lowest BCUT2D eigenvalue weighted by molar-refractivity contribution is 0.540. The molecule has 1 aromatic carbocycles. The van der Waals surface area contributed by atoms with Crippen LogP contribution in [0.2, 0.25) is 0 Å². The first-order chi connectivity index (χ1) is 10.3. The number of hydrogen-bond acceptors (Lipinski definition) is 1. The molecule has 0 saturated carbocycles. The van der Waals surface area contributed by atoms with Gasteiger partial charge in [0, 0.05) is 11.5 Å². The fourth-order valence-corrected chi connectivity index (χ4v) is 3.37. The number of allylic oxidation sites excluding steroid dienone is 1. The van der Waals surface area contributed by atoms with Crippen LogP contribution in [0.4, 0.5) is 0 Å². The van der Waals surface area contributed by atoms with E-state index < -0.39 is 0 Å². The molecule has 1 aromatic heterocycles. The van der Waals surface area contributed by atoms with Gasteiger partial charge in [-0.1, -0.05) is 51.0 Å². The molecule has 1 atom stereocenters. The number of hydrogen-bond donors (Lipinski definition) is 0. The van der Waals surface area contributed by atoms with Crippen molar-refractivity contribution in [3.05, 3.63) is 59.0 Å². The summed E-state index contributed by atoms with van der Waals surface area (Å²) in [6, 6.07) is 10.9. The van der Waals surface area contributed by atoms with Gasteiger partial charge < -0.3 is 4.42 Å². The first-order valence-electron chi connectivity index (χ1n) is 8.22. The molecule has 1 heterocycles. The van der Waals surface area contributed by atoms with E-state index in [4.69, 9.17) is 4.42 Å². The molecule has 0 aliphatic heterocycles. The van der Waals surface area contributed by atoms with Gasteiger partial charge in [0.2, 0.25) is 0 Å². The van der Waals surface area contributed by atoms with E-state index in [1.54, 1.807) is 0 Å². The van der Waals surface area contributed by atoms with Crippen molar-refractivity contribution >= 4 is 11.6 Å². The first kappa shape index (κ1) is 14.2. The summed E-state index contributed by atoms with van der Waals surface area (Å²) < 4.78 is 5.89. The normalized spacial score (nSPS) is 16.9. The number of fused-ring (bicyclic) bond motifs is 1. The minimum atomic E-state index is 0.498. The lowest BCUT2D eigenvalue weighted by Crippen LogP contribution is -1.99. The summed E-state index contributed by atoms with van der Waals surface area (Å²) in [5, 5.41) is 0. The molecule has 0 N–H and O–H groups in total. The lowest BCUT2D eigenvalue weighted by Gasteiger charge is -2.15. The number of benzene rings is 1. The Bertz CT molecular complexity index is 633. The molecular weight excluding hydrogens is 256 g/mol. The zero-order valence-electron chi connectivity index (χ0n) is 13.1. The van der Waals surface area contributed by atoms with E-state index in [1.807, 2.05) is 6.26 Å². The maximum atomic E-state index is 5.89. The Labute approximate surface area is 127 Å². The maximum Gasteiger partial charge on any atom is 0.133 e. The van der Waals surface area contributed by atoms with Crippen molar-refractivity contribution in [3.8, 4) is 0 Å². The Kier molecular flexibility index (Phi) is 4.28. The number of furan rings is 1. The molecular formula is C20H24O. The minimum Gasteiger partial charge on any atom is -0.464 e. The Morgan fingerprint density at radius 3 is 2.71 bits per heavy atom. The molecule has 2 aromatic rings. The molecule has 0 fully saturated rings. The predicted octanol–water partition coefficient (Wildman–Crippen LogP) is 6.06. The van der Waals surface area contributed by atoms with Gasteiger partial charge in [-0.05, 0) is 48.1 Å². The summed E-state index contributed by atoms with van der Waals surface area (Å²) >= 11 is 0. The fraction of sp³-hybridized carbons (Fsp3) is 0.400. The number of aryl methyl sites for hydroxylation is 1. The fourth-order valence-electron chi connectivity index (χ4n) is 3.37. The molecule has 3 rings (SSSR count). The van der Waals surface area contributed by atoms with Crippen LogP contribution in [-0.2, 0) is 6.42 Å². The second-order valence-electron chi connectivity index (χ2n) is 5.95. The first-order valence-corrected chi connectivity index (χ1v) is 8.22. The summed E-state index contributed by atoms with van der Waals surface area (Å²) in [7, 11) is 0.